The fraction of sp³-hybridized carbons (Fsp3) is 0.0556. The summed E-state index contributed by atoms with van der Waals surface area (Å²) in [6.45, 7) is 2.03. The van der Waals surface area contributed by atoms with E-state index < -0.39 is 0 Å². The smallest absolute Gasteiger partial charge is 0.195 e. The van der Waals surface area contributed by atoms with Gasteiger partial charge in [0.2, 0.25) is 0 Å². The number of carbonyl (C=O) groups is 1. The lowest BCUT2D eigenvalue weighted by molar-refractivity contribution is 0.103. The second-order valence-corrected chi connectivity index (χ2v) is 5.92. The fourth-order valence-electron chi connectivity index (χ4n) is 2.32. The van der Waals surface area contributed by atoms with E-state index >= 15 is 0 Å². The average Bonchev–Trinajstić information content (AvgIpc) is 2.99. The van der Waals surface area contributed by atoms with Crippen molar-refractivity contribution in [3.05, 3.63) is 81.6 Å². The molecule has 0 aliphatic rings. The van der Waals surface area contributed by atoms with Crippen molar-refractivity contribution in [3.8, 4) is 11.1 Å². The van der Waals surface area contributed by atoms with E-state index in [4.69, 9.17) is 23.2 Å². The molecular weight excluding hydrogens is 317 g/mol. The molecule has 3 rings (SSSR count). The third-order valence-electron chi connectivity index (χ3n) is 3.53. The molecule has 1 N–H and O–H groups in total. The molecule has 4 heteroatoms. The van der Waals surface area contributed by atoms with Crippen molar-refractivity contribution in [2.24, 2.45) is 0 Å². The van der Waals surface area contributed by atoms with E-state index in [0.717, 1.165) is 11.1 Å². The SMILES string of the molecule is Cc1ccc(-c2c[nH]cc2C(=O)c2ccc(Cl)c(Cl)c2)cc1. The van der Waals surface area contributed by atoms with Crippen LogP contribution in [0.25, 0.3) is 11.1 Å². The van der Waals surface area contributed by atoms with Crippen LogP contribution in [0.3, 0.4) is 0 Å². The highest BCUT2D eigenvalue weighted by Gasteiger charge is 2.16. The van der Waals surface area contributed by atoms with Crippen molar-refractivity contribution in [1.29, 1.82) is 0 Å². The van der Waals surface area contributed by atoms with Gasteiger partial charge >= 0.3 is 0 Å². The predicted molar refractivity (Wildman–Crippen MR) is 90.9 cm³/mol. The molecule has 0 saturated heterocycles. The maximum Gasteiger partial charge on any atom is 0.195 e. The van der Waals surface area contributed by atoms with Gasteiger partial charge in [0.25, 0.3) is 0 Å². The highest BCUT2D eigenvalue weighted by atomic mass is 35.5. The zero-order valence-electron chi connectivity index (χ0n) is 11.9. The second-order valence-electron chi connectivity index (χ2n) is 5.11. The molecule has 0 saturated carbocycles. The summed E-state index contributed by atoms with van der Waals surface area (Å²) in [7, 11) is 0. The molecule has 0 unspecified atom stereocenters. The van der Waals surface area contributed by atoms with Crippen LogP contribution in [0.2, 0.25) is 10.0 Å². The van der Waals surface area contributed by atoms with Crippen molar-refractivity contribution in [2.75, 3.05) is 0 Å². The molecule has 0 spiro atoms. The normalized spacial score (nSPS) is 10.7. The van der Waals surface area contributed by atoms with Crippen molar-refractivity contribution in [2.45, 2.75) is 6.92 Å². The van der Waals surface area contributed by atoms with E-state index in [0.29, 0.717) is 21.2 Å². The van der Waals surface area contributed by atoms with Gasteiger partial charge in [0.1, 0.15) is 0 Å². The number of halogens is 2. The average molecular weight is 330 g/mol. The number of rotatable bonds is 3. The van der Waals surface area contributed by atoms with Gasteiger partial charge in [0.05, 0.1) is 10.0 Å². The second kappa shape index (κ2) is 5.99. The third-order valence-corrected chi connectivity index (χ3v) is 4.27. The van der Waals surface area contributed by atoms with Gasteiger partial charge in [0.15, 0.2) is 5.78 Å². The summed E-state index contributed by atoms with van der Waals surface area (Å²) >= 11 is 11.9. The van der Waals surface area contributed by atoms with Crippen molar-refractivity contribution < 1.29 is 4.79 Å². The van der Waals surface area contributed by atoms with Gasteiger partial charge in [0, 0.05) is 29.1 Å². The molecule has 0 aliphatic carbocycles. The fourth-order valence-corrected chi connectivity index (χ4v) is 2.61. The summed E-state index contributed by atoms with van der Waals surface area (Å²) in [4.78, 5) is 15.7. The zero-order valence-corrected chi connectivity index (χ0v) is 13.4. The van der Waals surface area contributed by atoms with Crippen molar-refractivity contribution in [1.82, 2.24) is 4.98 Å². The maximum absolute atomic E-state index is 12.7. The molecule has 3 aromatic rings. The molecule has 1 heterocycles. The lowest BCUT2D eigenvalue weighted by Gasteiger charge is -2.05. The van der Waals surface area contributed by atoms with Gasteiger partial charge in [-0.05, 0) is 30.7 Å². The predicted octanol–water partition coefficient (Wildman–Crippen LogP) is 5.53. The topological polar surface area (TPSA) is 32.9 Å². The van der Waals surface area contributed by atoms with Crippen LogP contribution in [0.1, 0.15) is 21.5 Å². The zero-order chi connectivity index (χ0) is 15.7. The Balaban J connectivity index is 2.02. The van der Waals surface area contributed by atoms with E-state index in [1.54, 1.807) is 24.4 Å². The Labute approximate surface area is 138 Å². The maximum atomic E-state index is 12.7. The van der Waals surface area contributed by atoms with Gasteiger partial charge in [-0.25, -0.2) is 0 Å². The Morgan fingerprint density at radius 1 is 0.955 bits per heavy atom. The minimum Gasteiger partial charge on any atom is -0.366 e. The number of carbonyl (C=O) groups excluding carboxylic acids is 1. The molecule has 0 fully saturated rings. The van der Waals surface area contributed by atoms with E-state index in [1.165, 1.54) is 5.56 Å². The number of hydrogen-bond donors (Lipinski definition) is 1. The third kappa shape index (κ3) is 2.80. The van der Waals surface area contributed by atoms with Crippen LogP contribution in [-0.2, 0) is 0 Å². The first-order valence-corrected chi connectivity index (χ1v) is 7.55. The number of H-pyrrole nitrogens is 1. The summed E-state index contributed by atoms with van der Waals surface area (Å²) in [6.07, 6.45) is 3.54. The number of aryl methyl sites for hydroxylation is 1. The Morgan fingerprint density at radius 2 is 1.68 bits per heavy atom. The summed E-state index contributed by atoms with van der Waals surface area (Å²) in [5, 5.41) is 0.811. The minimum absolute atomic E-state index is 0.0876. The van der Waals surface area contributed by atoms with E-state index in [-0.39, 0.29) is 5.78 Å². The lowest BCUT2D eigenvalue weighted by Crippen LogP contribution is -2.01. The molecule has 0 atom stereocenters. The Morgan fingerprint density at radius 3 is 2.36 bits per heavy atom. The van der Waals surface area contributed by atoms with E-state index in [2.05, 4.69) is 4.98 Å². The summed E-state index contributed by atoms with van der Waals surface area (Å²) in [5.41, 5.74) is 4.17. The molecule has 0 bridgehead atoms. The van der Waals surface area contributed by atoms with Gasteiger partial charge in [-0.2, -0.15) is 0 Å². The number of aromatic amines is 1. The highest BCUT2D eigenvalue weighted by Crippen LogP contribution is 2.28. The standard InChI is InChI=1S/C18H13Cl2NO/c1-11-2-4-12(5-3-11)14-9-21-10-15(14)18(22)13-6-7-16(19)17(20)8-13/h2-10,21H,1H3. The number of ketones is 1. The number of benzene rings is 2. The monoisotopic (exact) mass is 329 g/mol. The van der Waals surface area contributed by atoms with E-state index in [9.17, 15) is 4.79 Å². The molecule has 110 valence electrons. The Bertz CT molecular complexity index is 835. The summed E-state index contributed by atoms with van der Waals surface area (Å²) in [6, 6.07) is 13.0. The molecular formula is C18H13Cl2NO. The molecule has 22 heavy (non-hydrogen) atoms. The molecule has 2 nitrogen and oxygen atoms in total. The van der Waals surface area contributed by atoms with Gasteiger partial charge in [-0.1, -0.05) is 53.0 Å². The Hall–Kier alpha value is -2.03. The van der Waals surface area contributed by atoms with Gasteiger partial charge in [-0.15, -0.1) is 0 Å². The quantitative estimate of drug-likeness (QED) is 0.630. The van der Waals surface area contributed by atoms with Crippen LogP contribution >= 0.6 is 23.2 Å². The first-order valence-electron chi connectivity index (χ1n) is 6.80. The minimum atomic E-state index is -0.0876. The van der Waals surface area contributed by atoms with Crippen LogP contribution < -0.4 is 0 Å². The van der Waals surface area contributed by atoms with E-state index in [1.807, 2.05) is 37.4 Å². The first-order chi connectivity index (χ1) is 10.6. The molecule has 1 aromatic heterocycles. The van der Waals surface area contributed by atoms with Crippen LogP contribution in [-0.4, -0.2) is 10.8 Å². The molecule has 2 aromatic carbocycles. The van der Waals surface area contributed by atoms with Crippen LogP contribution in [0.5, 0.6) is 0 Å². The Kier molecular flexibility index (Phi) is 4.06. The number of hydrogen-bond acceptors (Lipinski definition) is 1. The molecule has 0 amide bonds. The van der Waals surface area contributed by atoms with Crippen molar-refractivity contribution >= 4 is 29.0 Å². The highest BCUT2D eigenvalue weighted by molar-refractivity contribution is 6.42. The first kappa shape index (κ1) is 14.9. The number of aromatic nitrogens is 1. The van der Waals surface area contributed by atoms with Gasteiger partial charge in [-0.3, -0.25) is 4.79 Å². The molecule has 0 aliphatic heterocycles. The molecule has 0 radical (unpaired) electrons. The number of nitrogens with one attached hydrogen (secondary N) is 1. The van der Waals surface area contributed by atoms with Crippen LogP contribution in [0.15, 0.2) is 54.9 Å². The van der Waals surface area contributed by atoms with Crippen molar-refractivity contribution in [3.63, 3.8) is 0 Å². The van der Waals surface area contributed by atoms with Gasteiger partial charge < -0.3 is 4.98 Å². The lowest BCUT2D eigenvalue weighted by atomic mass is 9.97. The largest absolute Gasteiger partial charge is 0.366 e. The summed E-state index contributed by atoms with van der Waals surface area (Å²) in [5.74, 6) is -0.0876. The van der Waals surface area contributed by atoms with Crippen LogP contribution in [0.4, 0.5) is 0 Å². The summed E-state index contributed by atoms with van der Waals surface area (Å²) < 4.78 is 0. The van der Waals surface area contributed by atoms with Crippen LogP contribution in [0, 0.1) is 6.92 Å².